The van der Waals surface area contributed by atoms with Crippen LogP contribution in [0.25, 0.3) is 17.0 Å². The fourth-order valence-electron chi connectivity index (χ4n) is 9.97. The lowest BCUT2D eigenvalue weighted by Gasteiger charge is -2.28. The van der Waals surface area contributed by atoms with Crippen LogP contribution in [0.1, 0.15) is 67.7 Å². The SMILES string of the molecule is COc1c(O)c2c(c3c1CC(C(=O)N1CCc4c1c(O)c(OC)c1[nH]c(C(=O)N5CC6CC67C5=CC(=O)c5[nH]cc(C)c57)cc41)=C3)CCN2C(C)=O. The number of piperidine rings is 1. The summed E-state index contributed by atoms with van der Waals surface area (Å²) in [6, 6.07) is 1.75. The third-order valence-corrected chi connectivity index (χ3v) is 12.2. The van der Waals surface area contributed by atoms with Crippen molar-refractivity contribution < 1.29 is 38.9 Å². The number of phenolic OH excluding ortho intramolecular Hbond substituents is 2. The Balaban J connectivity index is 1.01. The van der Waals surface area contributed by atoms with Gasteiger partial charge in [-0.2, -0.15) is 0 Å². The molecule has 4 N–H and O–H groups in total. The number of likely N-dealkylation sites (tertiary alicyclic amines) is 1. The molecule has 1 saturated carbocycles. The molecule has 5 heterocycles. The van der Waals surface area contributed by atoms with Crippen LogP contribution in [0.3, 0.4) is 0 Å². The molecule has 6 aliphatic rings. The van der Waals surface area contributed by atoms with E-state index in [0.717, 1.165) is 34.4 Å². The molecule has 2 unspecified atom stereocenters. The van der Waals surface area contributed by atoms with Crippen molar-refractivity contribution in [3.63, 3.8) is 0 Å². The number of ether oxygens (including phenoxy) is 2. The predicted octanol–water partition coefficient (Wildman–Crippen LogP) is 4.16. The van der Waals surface area contributed by atoms with Crippen molar-refractivity contribution in [3.05, 3.63) is 74.4 Å². The highest BCUT2D eigenvalue weighted by molar-refractivity contribution is 6.16. The number of fused-ring (bicyclic) bond motifs is 7. The second kappa shape index (κ2) is 10.1. The largest absolute Gasteiger partial charge is 0.503 e. The molecule has 1 saturated heterocycles. The molecule has 0 radical (unpaired) electrons. The van der Waals surface area contributed by atoms with Crippen molar-refractivity contribution in [3.8, 4) is 23.0 Å². The van der Waals surface area contributed by atoms with Crippen molar-refractivity contribution >= 4 is 51.9 Å². The van der Waals surface area contributed by atoms with E-state index in [-0.39, 0.29) is 70.8 Å². The lowest BCUT2D eigenvalue weighted by atomic mass is 9.83. The van der Waals surface area contributed by atoms with Gasteiger partial charge in [-0.3, -0.25) is 19.2 Å². The number of ketones is 1. The number of nitrogens with zero attached hydrogens (tertiary/aromatic N) is 3. The van der Waals surface area contributed by atoms with E-state index in [1.807, 2.05) is 13.1 Å². The van der Waals surface area contributed by atoms with E-state index in [0.29, 0.717) is 76.3 Å². The quantitative estimate of drug-likeness (QED) is 0.246. The van der Waals surface area contributed by atoms with Crippen molar-refractivity contribution in [1.82, 2.24) is 14.9 Å². The number of carbonyl (C=O) groups excluding carboxylic acids is 4. The molecule has 264 valence electrons. The van der Waals surface area contributed by atoms with Gasteiger partial charge in [-0.1, -0.05) is 0 Å². The number of aromatic amines is 2. The number of methoxy groups -OCH3 is 2. The summed E-state index contributed by atoms with van der Waals surface area (Å²) in [5.41, 5.74) is 7.90. The maximum absolute atomic E-state index is 14.3. The molecule has 1 spiro atoms. The number of phenols is 2. The lowest BCUT2D eigenvalue weighted by Crippen LogP contribution is -2.34. The van der Waals surface area contributed by atoms with Crippen LogP contribution < -0.4 is 19.3 Å². The van der Waals surface area contributed by atoms with Crippen LogP contribution >= 0.6 is 0 Å². The molecule has 52 heavy (non-hydrogen) atoms. The summed E-state index contributed by atoms with van der Waals surface area (Å²) in [4.78, 5) is 65.2. The molecular formula is C39H35N5O8. The first-order valence-electron chi connectivity index (χ1n) is 17.5. The van der Waals surface area contributed by atoms with E-state index in [4.69, 9.17) is 9.47 Å². The summed E-state index contributed by atoms with van der Waals surface area (Å²) in [6.07, 6.45) is 7.31. The standard InChI is InChI=1S/C39H35N5O8/c1-16-14-40-30-26(46)12-27-39(28(16)30)13-19(39)15-44(27)38(50)25-11-23-21-6-8-43(32(21)34(48)36(52-4)29(23)41-25)37(49)18-9-22-20-5-7-42(17(2)45)31(20)33(47)35(51-3)24(22)10-18/h9,11-12,14,19,40-41,47-48H,5-8,10,13,15H2,1-4H3. The third-order valence-electron chi connectivity index (χ3n) is 12.2. The fraction of sp³-hybridized carbons (Fsp3) is 0.333. The minimum absolute atomic E-state index is 0.114. The van der Waals surface area contributed by atoms with Crippen LogP contribution in [-0.4, -0.2) is 82.4 Å². The zero-order valence-corrected chi connectivity index (χ0v) is 29.0. The van der Waals surface area contributed by atoms with E-state index < -0.39 is 0 Å². The predicted molar refractivity (Wildman–Crippen MR) is 189 cm³/mol. The number of allylic oxidation sites excluding steroid dienone is 2. The second-order valence-corrected chi connectivity index (χ2v) is 14.7. The van der Waals surface area contributed by atoms with Gasteiger partial charge in [-0.15, -0.1) is 0 Å². The number of aromatic hydroxyl groups is 2. The molecule has 4 aromatic rings. The number of hydrogen-bond acceptors (Lipinski definition) is 8. The van der Waals surface area contributed by atoms with Gasteiger partial charge < -0.3 is 44.4 Å². The van der Waals surface area contributed by atoms with E-state index in [1.165, 1.54) is 26.0 Å². The number of aryl methyl sites for hydroxylation is 1. The molecule has 13 nitrogen and oxygen atoms in total. The molecule has 13 heteroatoms. The molecule has 3 aliphatic heterocycles. The van der Waals surface area contributed by atoms with E-state index in [1.54, 1.807) is 28.0 Å². The maximum atomic E-state index is 14.3. The number of rotatable bonds is 4. The Morgan fingerprint density at radius 3 is 2.38 bits per heavy atom. The number of amides is 3. The van der Waals surface area contributed by atoms with Crippen molar-refractivity contribution in [2.45, 2.75) is 44.9 Å². The number of H-pyrrole nitrogens is 2. The van der Waals surface area contributed by atoms with Crippen molar-refractivity contribution in [1.29, 1.82) is 0 Å². The Morgan fingerprint density at radius 2 is 1.63 bits per heavy atom. The van der Waals surface area contributed by atoms with Gasteiger partial charge in [0.15, 0.2) is 23.0 Å². The van der Waals surface area contributed by atoms with E-state index >= 15 is 0 Å². The van der Waals surface area contributed by atoms with Gasteiger partial charge in [0.25, 0.3) is 11.8 Å². The fourth-order valence-corrected chi connectivity index (χ4v) is 9.97. The second-order valence-electron chi connectivity index (χ2n) is 14.7. The Bertz CT molecular complexity index is 2480. The molecular weight excluding hydrogens is 666 g/mol. The molecule has 2 fully saturated rings. The number of aromatic nitrogens is 2. The minimum Gasteiger partial charge on any atom is -0.503 e. The number of carbonyl (C=O) groups is 4. The number of nitrogens with one attached hydrogen (secondary N) is 2. The van der Waals surface area contributed by atoms with Crippen molar-refractivity contribution in [2.24, 2.45) is 5.92 Å². The number of anilines is 2. The van der Waals surface area contributed by atoms with Gasteiger partial charge in [0.2, 0.25) is 11.7 Å². The van der Waals surface area contributed by atoms with E-state index in [2.05, 4.69) is 9.97 Å². The zero-order chi connectivity index (χ0) is 36.1. The van der Waals surface area contributed by atoms with Gasteiger partial charge >= 0.3 is 0 Å². The highest BCUT2D eigenvalue weighted by Gasteiger charge is 2.68. The third kappa shape index (κ3) is 3.62. The Morgan fingerprint density at radius 1 is 0.923 bits per heavy atom. The summed E-state index contributed by atoms with van der Waals surface area (Å²) in [5, 5.41) is 23.5. The van der Waals surface area contributed by atoms with Crippen LogP contribution in [0.2, 0.25) is 0 Å². The Labute approximate surface area is 297 Å². The van der Waals surface area contributed by atoms with Crippen LogP contribution in [0.4, 0.5) is 11.4 Å². The maximum Gasteiger partial charge on any atom is 0.274 e. The summed E-state index contributed by atoms with van der Waals surface area (Å²) in [6.45, 7) is 4.64. The molecule has 2 atom stereocenters. The first-order valence-corrected chi connectivity index (χ1v) is 17.5. The van der Waals surface area contributed by atoms with Gasteiger partial charge in [-0.25, -0.2) is 0 Å². The summed E-state index contributed by atoms with van der Waals surface area (Å²) in [7, 11) is 2.88. The normalized spacial score (nSPS) is 21.7. The average molecular weight is 702 g/mol. The van der Waals surface area contributed by atoms with Crippen LogP contribution in [0.5, 0.6) is 23.0 Å². The summed E-state index contributed by atoms with van der Waals surface area (Å²) >= 11 is 0. The summed E-state index contributed by atoms with van der Waals surface area (Å²) in [5.74, 6) is -0.673. The monoisotopic (exact) mass is 701 g/mol. The highest BCUT2D eigenvalue weighted by atomic mass is 16.5. The summed E-state index contributed by atoms with van der Waals surface area (Å²) < 4.78 is 11.3. The van der Waals surface area contributed by atoms with Gasteiger partial charge in [0, 0.05) is 72.9 Å². The molecule has 2 aromatic carbocycles. The molecule has 3 amide bonds. The molecule has 2 aromatic heterocycles. The van der Waals surface area contributed by atoms with Crippen LogP contribution in [0, 0.1) is 12.8 Å². The van der Waals surface area contributed by atoms with Gasteiger partial charge in [0.1, 0.15) is 5.69 Å². The molecule has 3 aliphatic carbocycles. The highest BCUT2D eigenvalue weighted by Crippen LogP contribution is 2.67. The van der Waals surface area contributed by atoms with Gasteiger partial charge in [0.05, 0.1) is 36.8 Å². The number of hydrogen-bond donors (Lipinski definition) is 4. The van der Waals surface area contributed by atoms with Crippen molar-refractivity contribution in [2.75, 3.05) is 43.7 Å². The van der Waals surface area contributed by atoms with Crippen LogP contribution in [0.15, 0.2) is 29.6 Å². The van der Waals surface area contributed by atoms with Crippen LogP contribution in [-0.2, 0) is 34.3 Å². The smallest absolute Gasteiger partial charge is 0.274 e. The first-order chi connectivity index (χ1) is 25.0. The number of benzene rings is 2. The topological polar surface area (TPSA) is 168 Å². The first kappa shape index (κ1) is 30.8. The minimum atomic E-state index is -0.336. The molecule has 10 rings (SSSR count). The van der Waals surface area contributed by atoms with E-state index in [9.17, 15) is 29.4 Å². The van der Waals surface area contributed by atoms with Gasteiger partial charge in [-0.05, 0) is 72.1 Å². The Hall–Kier alpha value is -5.98. The zero-order valence-electron chi connectivity index (χ0n) is 29.0. The Kier molecular flexibility index (Phi) is 5.97. The average Bonchev–Trinajstić information content (AvgIpc) is 3.85. The lowest BCUT2D eigenvalue weighted by molar-refractivity contribution is -0.116. The molecule has 0 bridgehead atoms.